The number of hydrogen-bond donors (Lipinski definition) is 2. The van der Waals surface area contributed by atoms with Gasteiger partial charge in [-0.3, -0.25) is 4.90 Å². The minimum Gasteiger partial charge on any atom is -0.392 e. The molecule has 0 amide bonds. The Balaban J connectivity index is 2.02. The van der Waals surface area contributed by atoms with Crippen molar-refractivity contribution in [3.63, 3.8) is 0 Å². The lowest BCUT2D eigenvalue weighted by atomic mass is 10.2. The third kappa shape index (κ3) is 4.23. The smallest absolute Gasteiger partial charge is 0.241 e. The van der Waals surface area contributed by atoms with Gasteiger partial charge in [-0.15, -0.1) is 0 Å². The van der Waals surface area contributed by atoms with Crippen molar-refractivity contribution >= 4 is 10.0 Å². The van der Waals surface area contributed by atoms with Crippen LogP contribution >= 0.6 is 0 Å². The van der Waals surface area contributed by atoms with Crippen LogP contribution in [0.1, 0.15) is 25.3 Å². The van der Waals surface area contributed by atoms with Gasteiger partial charge in [0.25, 0.3) is 0 Å². The van der Waals surface area contributed by atoms with E-state index in [0.29, 0.717) is 12.6 Å². The molecule has 0 unspecified atom stereocenters. The SMILES string of the molecule is CCN(CCNS(=O)(=O)c1cc(F)ccc1CO)C1CC1. The normalized spacial score (nSPS) is 15.6. The van der Waals surface area contributed by atoms with Crippen LogP contribution in [0.5, 0.6) is 0 Å². The van der Waals surface area contributed by atoms with E-state index >= 15 is 0 Å². The molecule has 0 atom stereocenters. The van der Waals surface area contributed by atoms with E-state index in [2.05, 4.69) is 9.62 Å². The van der Waals surface area contributed by atoms with Gasteiger partial charge in [0, 0.05) is 19.1 Å². The Morgan fingerprint density at radius 1 is 1.43 bits per heavy atom. The van der Waals surface area contributed by atoms with Crippen LogP contribution in [-0.4, -0.2) is 44.1 Å². The molecule has 1 fully saturated rings. The Morgan fingerprint density at radius 2 is 2.14 bits per heavy atom. The van der Waals surface area contributed by atoms with Gasteiger partial charge >= 0.3 is 0 Å². The Bertz CT molecular complexity index is 588. The van der Waals surface area contributed by atoms with E-state index in [-0.39, 0.29) is 17.0 Å². The van der Waals surface area contributed by atoms with E-state index < -0.39 is 22.4 Å². The van der Waals surface area contributed by atoms with Crippen molar-refractivity contribution in [2.45, 2.75) is 37.3 Å². The first-order valence-corrected chi connectivity index (χ1v) is 8.59. The zero-order chi connectivity index (χ0) is 15.5. The van der Waals surface area contributed by atoms with Crippen LogP contribution < -0.4 is 4.72 Å². The number of aliphatic hydroxyl groups excluding tert-OH is 1. The second kappa shape index (κ2) is 6.83. The fourth-order valence-corrected chi connectivity index (χ4v) is 3.61. The molecule has 118 valence electrons. The summed E-state index contributed by atoms with van der Waals surface area (Å²) in [5.41, 5.74) is 0.193. The lowest BCUT2D eigenvalue weighted by Crippen LogP contribution is -2.36. The summed E-state index contributed by atoms with van der Waals surface area (Å²) in [6.07, 6.45) is 2.33. The van der Waals surface area contributed by atoms with Crippen molar-refractivity contribution in [1.82, 2.24) is 9.62 Å². The molecule has 1 aromatic rings. The molecule has 0 radical (unpaired) electrons. The van der Waals surface area contributed by atoms with E-state index in [4.69, 9.17) is 0 Å². The van der Waals surface area contributed by atoms with Gasteiger partial charge < -0.3 is 5.11 Å². The van der Waals surface area contributed by atoms with Gasteiger partial charge in [0.1, 0.15) is 5.82 Å². The highest BCUT2D eigenvalue weighted by Crippen LogP contribution is 2.26. The Kier molecular flexibility index (Phi) is 5.32. The molecule has 0 aromatic heterocycles. The highest BCUT2D eigenvalue weighted by molar-refractivity contribution is 7.89. The summed E-state index contributed by atoms with van der Waals surface area (Å²) in [6, 6.07) is 3.93. The lowest BCUT2D eigenvalue weighted by Gasteiger charge is -2.20. The monoisotopic (exact) mass is 316 g/mol. The quantitative estimate of drug-likeness (QED) is 0.753. The maximum absolute atomic E-state index is 13.3. The number of halogens is 1. The van der Waals surface area contributed by atoms with Crippen LogP contribution in [0.3, 0.4) is 0 Å². The van der Waals surface area contributed by atoms with Gasteiger partial charge in [-0.1, -0.05) is 13.0 Å². The lowest BCUT2D eigenvalue weighted by molar-refractivity contribution is 0.277. The number of nitrogens with one attached hydrogen (secondary N) is 1. The first-order chi connectivity index (χ1) is 9.97. The zero-order valence-electron chi connectivity index (χ0n) is 12.0. The highest BCUT2D eigenvalue weighted by atomic mass is 32.2. The molecule has 21 heavy (non-hydrogen) atoms. The van der Waals surface area contributed by atoms with E-state index in [1.807, 2.05) is 6.92 Å². The van der Waals surface area contributed by atoms with Crippen LogP contribution in [0.2, 0.25) is 0 Å². The fraction of sp³-hybridized carbons (Fsp3) is 0.571. The second-order valence-electron chi connectivity index (χ2n) is 5.17. The summed E-state index contributed by atoms with van der Waals surface area (Å²) in [7, 11) is -3.81. The summed E-state index contributed by atoms with van der Waals surface area (Å²) in [6.45, 7) is 3.38. The molecule has 1 aromatic carbocycles. The Hall–Kier alpha value is -1.02. The van der Waals surface area contributed by atoms with Gasteiger partial charge in [-0.05, 0) is 37.1 Å². The molecule has 0 heterocycles. The van der Waals surface area contributed by atoms with Crippen LogP contribution in [-0.2, 0) is 16.6 Å². The molecule has 2 N–H and O–H groups in total. The predicted molar refractivity (Wildman–Crippen MR) is 77.8 cm³/mol. The number of sulfonamides is 1. The first-order valence-electron chi connectivity index (χ1n) is 7.11. The van der Waals surface area contributed by atoms with Gasteiger partial charge in [0.05, 0.1) is 11.5 Å². The van der Waals surface area contributed by atoms with Crippen LogP contribution in [0.25, 0.3) is 0 Å². The second-order valence-corrected chi connectivity index (χ2v) is 6.90. The molecule has 5 nitrogen and oxygen atoms in total. The highest BCUT2D eigenvalue weighted by Gasteiger charge is 2.27. The standard InChI is InChI=1S/C14H21FN2O3S/c1-2-17(13-5-6-13)8-7-16-21(19,20)14-9-12(15)4-3-11(14)10-18/h3-4,9,13,16,18H,2,5-8,10H2,1H3. The molecule has 1 aliphatic carbocycles. The van der Waals surface area contributed by atoms with E-state index in [1.165, 1.54) is 18.9 Å². The fourth-order valence-electron chi connectivity index (χ4n) is 2.35. The number of likely N-dealkylation sites (N-methyl/N-ethyl adjacent to an activating group) is 1. The molecular formula is C14H21FN2O3S. The van der Waals surface area contributed by atoms with Gasteiger partial charge in [0.15, 0.2) is 0 Å². The largest absolute Gasteiger partial charge is 0.392 e. The molecule has 1 saturated carbocycles. The van der Waals surface area contributed by atoms with Crippen molar-refractivity contribution in [1.29, 1.82) is 0 Å². The van der Waals surface area contributed by atoms with Crippen LogP contribution in [0.15, 0.2) is 23.1 Å². The zero-order valence-corrected chi connectivity index (χ0v) is 12.9. The molecule has 0 saturated heterocycles. The van der Waals surface area contributed by atoms with Crippen molar-refractivity contribution in [3.05, 3.63) is 29.6 Å². The van der Waals surface area contributed by atoms with Crippen molar-refractivity contribution in [2.24, 2.45) is 0 Å². The van der Waals surface area contributed by atoms with E-state index in [1.54, 1.807) is 0 Å². The van der Waals surface area contributed by atoms with Crippen molar-refractivity contribution in [3.8, 4) is 0 Å². The van der Waals surface area contributed by atoms with E-state index in [9.17, 15) is 17.9 Å². The predicted octanol–water partition coefficient (Wildman–Crippen LogP) is 1.08. The van der Waals surface area contributed by atoms with Crippen molar-refractivity contribution < 1.29 is 17.9 Å². The third-order valence-electron chi connectivity index (χ3n) is 3.65. The van der Waals surface area contributed by atoms with E-state index in [0.717, 1.165) is 18.7 Å². The molecule has 0 spiro atoms. The number of rotatable bonds is 8. The van der Waals surface area contributed by atoms with Gasteiger partial charge in [-0.25, -0.2) is 17.5 Å². The minimum absolute atomic E-state index is 0.193. The number of nitrogens with zero attached hydrogens (tertiary/aromatic N) is 1. The maximum Gasteiger partial charge on any atom is 0.241 e. The van der Waals surface area contributed by atoms with Gasteiger partial charge in [0.2, 0.25) is 10.0 Å². The molecule has 0 aliphatic heterocycles. The maximum atomic E-state index is 13.3. The Labute approximate surface area is 124 Å². The summed E-state index contributed by atoms with van der Waals surface area (Å²) < 4.78 is 40.2. The Morgan fingerprint density at radius 3 is 2.71 bits per heavy atom. The molecule has 2 rings (SSSR count). The average molecular weight is 316 g/mol. The van der Waals surface area contributed by atoms with Crippen molar-refractivity contribution in [2.75, 3.05) is 19.6 Å². The molecule has 7 heteroatoms. The minimum atomic E-state index is -3.81. The summed E-state index contributed by atoms with van der Waals surface area (Å²) in [5.74, 6) is -0.638. The van der Waals surface area contributed by atoms with Crippen LogP contribution in [0, 0.1) is 5.82 Å². The number of aliphatic hydroxyl groups is 1. The summed E-state index contributed by atoms with van der Waals surface area (Å²) >= 11 is 0. The third-order valence-corrected chi connectivity index (χ3v) is 5.19. The van der Waals surface area contributed by atoms with Crippen LogP contribution in [0.4, 0.5) is 4.39 Å². The molecular weight excluding hydrogens is 295 g/mol. The number of hydrogen-bond acceptors (Lipinski definition) is 4. The van der Waals surface area contributed by atoms with Gasteiger partial charge in [-0.2, -0.15) is 0 Å². The molecule has 1 aliphatic rings. The summed E-state index contributed by atoms with van der Waals surface area (Å²) in [4.78, 5) is 2.03. The summed E-state index contributed by atoms with van der Waals surface area (Å²) in [5, 5.41) is 9.18. The first kappa shape index (κ1) is 16.4. The number of benzene rings is 1. The topological polar surface area (TPSA) is 69.6 Å². The average Bonchev–Trinajstić information content (AvgIpc) is 3.28. The molecule has 0 bridgehead atoms.